The van der Waals surface area contributed by atoms with Gasteiger partial charge in [-0.25, -0.2) is 0 Å². The van der Waals surface area contributed by atoms with E-state index < -0.39 is 0 Å². The van der Waals surface area contributed by atoms with E-state index in [2.05, 4.69) is 11.0 Å². The van der Waals surface area contributed by atoms with E-state index in [1.165, 1.54) is 16.7 Å². The van der Waals surface area contributed by atoms with Gasteiger partial charge >= 0.3 is 0 Å². The van der Waals surface area contributed by atoms with Crippen molar-refractivity contribution in [3.8, 4) is 11.5 Å². The number of phenolic OH excluding ortho intramolecular Hbond substituents is 1. The molecule has 1 N–H and O–H groups in total. The summed E-state index contributed by atoms with van der Waals surface area (Å²) >= 11 is 5.81. The molecule has 5 heteroatoms. The lowest BCUT2D eigenvalue weighted by Crippen LogP contribution is -2.39. The number of hydrogen-bond donors (Lipinski definition) is 1. The Bertz CT molecular complexity index is 799. The maximum atomic E-state index is 10.5. The van der Waals surface area contributed by atoms with Gasteiger partial charge in [0.25, 0.3) is 0 Å². The third kappa shape index (κ3) is 2.81. The van der Waals surface area contributed by atoms with Gasteiger partial charge in [-0.2, -0.15) is 0 Å². The normalized spacial score (nSPS) is 19.2. The molecule has 1 aromatic carbocycles. The van der Waals surface area contributed by atoms with Gasteiger partial charge < -0.3 is 14.3 Å². The average molecular weight is 362 g/mol. The highest BCUT2D eigenvalue weighted by Crippen LogP contribution is 2.45. The Morgan fingerprint density at radius 2 is 2.20 bits per heavy atom. The first-order valence-corrected chi connectivity index (χ1v) is 9.45. The summed E-state index contributed by atoms with van der Waals surface area (Å²) in [6, 6.07) is 4.46. The van der Waals surface area contributed by atoms with E-state index in [0.717, 1.165) is 55.9 Å². The quantitative estimate of drug-likeness (QED) is 0.832. The molecular formula is C20H24ClNO3. The lowest BCUT2D eigenvalue weighted by molar-refractivity contribution is 0.150. The smallest absolute Gasteiger partial charge is 0.161 e. The predicted octanol–water partition coefficient (Wildman–Crippen LogP) is 4.13. The zero-order valence-corrected chi connectivity index (χ0v) is 15.5. The van der Waals surface area contributed by atoms with Crippen LogP contribution in [-0.2, 0) is 25.8 Å². The number of benzene rings is 1. The van der Waals surface area contributed by atoms with Crippen molar-refractivity contribution < 1.29 is 14.3 Å². The van der Waals surface area contributed by atoms with Gasteiger partial charge in [0.2, 0.25) is 0 Å². The fourth-order valence-electron chi connectivity index (χ4n) is 4.30. The average Bonchev–Trinajstić information content (AvgIpc) is 3.02. The summed E-state index contributed by atoms with van der Waals surface area (Å²) in [4.78, 5) is 2.50. The van der Waals surface area contributed by atoms with E-state index in [4.69, 9.17) is 20.8 Å². The third-order valence-electron chi connectivity index (χ3n) is 5.56. The zero-order valence-electron chi connectivity index (χ0n) is 14.8. The number of rotatable bonds is 4. The number of phenols is 1. The fraction of sp³-hybridized carbons (Fsp3) is 0.500. The number of fused-ring (bicyclic) bond motifs is 4. The maximum Gasteiger partial charge on any atom is 0.161 e. The molecule has 0 unspecified atom stereocenters. The van der Waals surface area contributed by atoms with E-state index in [1.54, 1.807) is 7.11 Å². The van der Waals surface area contributed by atoms with E-state index >= 15 is 0 Å². The van der Waals surface area contributed by atoms with E-state index in [0.29, 0.717) is 11.6 Å². The number of aryl methyl sites for hydroxylation is 1. The molecule has 0 radical (unpaired) electrons. The van der Waals surface area contributed by atoms with E-state index in [1.807, 2.05) is 13.0 Å². The minimum Gasteiger partial charge on any atom is -0.504 e. The lowest BCUT2D eigenvalue weighted by atomic mass is 9.83. The summed E-state index contributed by atoms with van der Waals surface area (Å²) in [5.41, 5.74) is 4.76. The number of nitrogens with zero attached hydrogens (tertiary/aromatic N) is 1. The monoisotopic (exact) mass is 361 g/mol. The number of halogens is 1. The molecule has 0 amide bonds. The van der Waals surface area contributed by atoms with Crippen molar-refractivity contribution in [3.63, 3.8) is 0 Å². The van der Waals surface area contributed by atoms with Crippen molar-refractivity contribution in [2.75, 3.05) is 19.5 Å². The maximum absolute atomic E-state index is 10.5. The molecule has 1 aromatic heterocycles. The van der Waals surface area contributed by atoms with Gasteiger partial charge in [0.15, 0.2) is 11.5 Å². The number of hydrogen-bond acceptors (Lipinski definition) is 4. The summed E-state index contributed by atoms with van der Waals surface area (Å²) in [5, 5.41) is 10.5. The minimum atomic E-state index is 0.260. The van der Waals surface area contributed by atoms with Crippen LogP contribution in [0.1, 0.15) is 46.2 Å². The number of methoxy groups -OCH3 is 1. The minimum absolute atomic E-state index is 0.260. The number of aromatic hydroxyl groups is 1. The molecule has 2 aromatic rings. The number of furan rings is 1. The molecule has 0 saturated heterocycles. The van der Waals surface area contributed by atoms with Crippen LogP contribution in [-0.4, -0.2) is 29.5 Å². The molecule has 0 aliphatic carbocycles. The molecule has 0 saturated carbocycles. The van der Waals surface area contributed by atoms with Crippen molar-refractivity contribution in [2.24, 2.45) is 0 Å². The molecule has 4 nitrogen and oxygen atoms in total. The fourth-order valence-corrected chi connectivity index (χ4v) is 4.43. The van der Waals surface area contributed by atoms with Gasteiger partial charge in [0, 0.05) is 43.4 Å². The van der Waals surface area contributed by atoms with Crippen LogP contribution in [0.3, 0.4) is 0 Å². The summed E-state index contributed by atoms with van der Waals surface area (Å²) in [6.07, 6.45) is 3.68. The van der Waals surface area contributed by atoms with Crippen LogP contribution >= 0.6 is 11.6 Å². The molecule has 1 atom stereocenters. The summed E-state index contributed by atoms with van der Waals surface area (Å²) in [6.45, 7) is 3.92. The highest BCUT2D eigenvalue weighted by Gasteiger charge is 2.36. The van der Waals surface area contributed by atoms with Crippen LogP contribution in [0.2, 0.25) is 0 Å². The second kappa shape index (κ2) is 6.58. The van der Waals surface area contributed by atoms with Crippen molar-refractivity contribution in [1.82, 2.24) is 4.90 Å². The Balaban J connectivity index is 1.69. The van der Waals surface area contributed by atoms with Crippen LogP contribution < -0.4 is 4.74 Å². The van der Waals surface area contributed by atoms with Crippen LogP contribution in [0.5, 0.6) is 11.5 Å². The summed E-state index contributed by atoms with van der Waals surface area (Å²) in [7, 11) is 1.61. The van der Waals surface area contributed by atoms with Gasteiger partial charge in [-0.1, -0.05) is 0 Å². The molecule has 25 heavy (non-hydrogen) atoms. The second-order valence-corrected chi connectivity index (χ2v) is 7.40. The molecule has 4 rings (SSSR count). The first-order valence-electron chi connectivity index (χ1n) is 8.92. The first kappa shape index (κ1) is 16.8. The van der Waals surface area contributed by atoms with E-state index in [9.17, 15) is 5.11 Å². The zero-order chi connectivity index (χ0) is 17.6. The summed E-state index contributed by atoms with van der Waals surface area (Å²) < 4.78 is 11.4. The van der Waals surface area contributed by atoms with Crippen LogP contribution in [0.15, 0.2) is 16.5 Å². The third-order valence-corrected chi connectivity index (χ3v) is 5.83. The molecule has 2 aliphatic rings. The number of ether oxygens (including phenoxy) is 1. The molecule has 0 fully saturated rings. The SMILES string of the molecule is COc1cc2c(c(C)c1O)[C@@H]1Cc3oc(CCCCl)cc3CN1CC2. The van der Waals surface area contributed by atoms with Gasteiger partial charge in [0.05, 0.1) is 7.11 Å². The molecule has 3 heterocycles. The van der Waals surface area contributed by atoms with Crippen LogP contribution in [0.25, 0.3) is 0 Å². The standard InChI is InChI=1S/C20H24ClNO3/c1-12-19-13(9-18(24-2)20(12)23)5-7-22-11-14-8-15(4-3-6-21)25-17(14)10-16(19)22/h8-9,16,23H,3-7,10-11H2,1-2H3/t16-/m0/s1. The Kier molecular flexibility index (Phi) is 4.42. The van der Waals surface area contributed by atoms with Crippen molar-refractivity contribution in [2.45, 2.75) is 45.2 Å². The molecule has 134 valence electrons. The van der Waals surface area contributed by atoms with Crippen molar-refractivity contribution in [3.05, 3.63) is 45.9 Å². The molecular weight excluding hydrogens is 338 g/mol. The Morgan fingerprint density at radius 3 is 2.96 bits per heavy atom. The van der Waals surface area contributed by atoms with Crippen LogP contribution in [0.4, 0.5) is 0 Å². The Morgan fingerprint density at radius 1 is 1.36 bits per heavy atom. The predicted molar refractivity (Wildman–Crippen MR) is 97.7 cm³/mol. The second-order valence-electron chi connectivity index (χ2n) is 7.02. The van der Waals surface area contributed by atoms with Gasteiger partial charge in [-0.3, -0.25) is 4.90 Å². The molecule has 0 spiro atoms. The van der Waals surface area contributed by atoms with Crippen LogP contribution in [0, 0.1) is 6.92 Å². The van der Waals surface area contributed by atoms with Gasteiger partial charge in [0.1, 0.15) is 11.5 Å². The lowest BCUT2D eigenvalue weighted by Gasteiger charge is -2.41. The Hall–Kier alpha value is -1.65. The van der Waals surface area contributed by atoms with Gasteiger partial charge in [-0.15, -0.1) is 11.6 Å². The highest BCUT2D eigenvalue weighted by atomic mass is 35.5. The van der Waals surface area contributed by atoms with Crippen molar-refractivity contribution in [1.29, 1.82) is 0 Å². The highest BCUT2D eigenvalue weighted by molar-refractivity contribution is 6.17. The van der Waals surface area contributed by atoms with Crippen molar-refractivity contribution >= 4 is 11.6 Å². The molecule has 0 bridgehead atoms. The topological polar surface area (TPSA) is 45.8 Å². The largest absolute Gasteiger partial charge is 0.504 e. The van der Waals surface area contributed by atoms with E-state index in [-0.39, 0.29) is 11.8 Å². The Labute approximate surface area is 153 Å². The summed E-state index contributed by atoms with van der Waals surface area (Å²) in [5.74, 6) is 3.63. The first-order chi connectivity index (χ1) is 12.1. The number of alkyl halides is 1. The molecule has 2 aliphatic heterocycles. The van der Waals surface area contributed by atoms with Gasteiger partial charge in [-0.05, 0) is 48.6 Å².